The van der Waals surface area contributed by atoms with E-state index in [2.05, 4.69) is 101 Å². The highest BCUT2D eigenvalue weighted by atomic mass is 15.1. The standard InChI is InChI=1S/C25H29N5/c1-4-30(5-2)16-19-10-9-13-21(14-19)23-15-22-24(26-17-27-25(22)29-23)28-18(3)20-11-7-6-8-12-20/h6-15,17-18H,4-5,16H2,1-3H3,(H2,26,27,28,29). The molecule has 2 heterocycles. The van der Waals surface area contributed by atoms with Crippen molar-refractivity contribution in [3.05, 3.63) is 78.1 Å². The monoisotopic (exact) mass is 399 g/mol. The summed E-state index contributed by atoms with van der Waals surface area (Å²) >= 11 is 0. The molecule has 2 aromatic heterocycles. The Bertz CT molecular complexity index is 1100. The van der Waals surface area contributed by atoms with Gasteiger partial charge in [0.05, 0.1) is 5.39 Å². The van der Waals surface area contributed by atoms with E-state index in [0.29, 0.717) is 0 Å². The molecule has 0 saturated carbocycles. The first-order valence-corrected chi connectivity index (χ1v) is 10.6. The molecule has 1 atom stereocenters. The number of nitrogens with zero attached hydrogens (tertiary/aromatic N) is 3. The predicted octanol–water partition coefficient (Wildman–Crippen LogP) is 5.64. The third-order valence-corrected chi connectivity index (χ3v) is 5.62. The summed E-state index contributed by atoms with van der Waals surface area (Å²) in [7, 11) is 0. The summed E-state index contributed by atoms with van der Waals surface area (Å²) in [5, 5.41) is 4.54. The van der Waals surface area contributed by atoms with Gasteiger partial charge >= 0.3 is 0 Å². The van der Waals surface area contributed by atoms with E-state index in [4.69, 9.17) is 0 Å². The molecule has 2 N–H and O–H groups in total. The molecule has 0 bridgehead atoms. The van der Waals surface area contributed by atoms with E-state index >= 15 is 0 Å². The molecule has 0 saturated heterocycles. The highest BCUT2D eigenvalue weighted by Gasteiger charge is 2.13. The maximum atomic E-state index is 4.51. The van der Waals surface area contributed by atoms with Gasteiger partial charge in [-0.3, -0.25) is 4.90 Å². The van der Waals surface area contributed by atoms with Crippen molar-refractivity contribution in [1.82, 2.24) is 19.9 Å². The highest BCUT2D eigenvalue weighted by molar-refractivity contribution is 5.91. The number of H-pyrrole nitrogens is 1. The van der Waals surface area contributed by atoms with Crippen LogP contribution in [0.1, 0.15) is 37.9 Å². The van der Waals surface area contributed by atoms with Gasteiger partial charge < -0.3 is 10.3 Å². The molecule has 4 rings (SSSR count). The van der Waals surface area contributed by atoms with Gasteiger partial charge in [-0.2, -0.15) is 0 Å². The van der Waals surface area contributed by atoms with E-state index in [1.807, 2.05) is 6.07 Å². The summed E-state index contributed by atoms with van der Waals surface area (Å²) in [4.78, 5) is 14.8. The molecule has 154 valence electrons. The van der Waals surface area contributed by atoms with E-state index in [9.17, 15) is 0 Å². The third-order valence-electron chi connectivity index (χ3n) is 5.62. The van der Waals surface area contributed by atoms with Crippen molar-refractivity contribution >= 4 is 16.9 Å². The Morgan fingerprint density at radius 3 is 2.53 bits per heavy atom. The molecule has 0 aliphatic heterocycles. The molecular weight excluding hydrogens is 370 g/mol. The number of fused-ring (bicyclic) bond motifs is 1. The zero-order valence-electron chi connectivity index (χ0n) is 17.9. The summed E-state index contributed by atoms with van der Waals surface area (Å²) in [6.45, 7) is 9.62. The van der Waals surface area contributed by atoms with Crippen LogP contribution >= 0.6 is 0 Å². The maximum Gasteiger partial charge on any atom is 0.143 e. The lowest BCUT2D eigenvalue weighted by Crippen LogP contribution is -2.22. The Balaban J connectivity index is 1.62. The number of hydrogen-bond acceptors (Lipinski definition) is 4. The third kappa shape index (κ3) is 4.36. The molecule has 0 amide bonds. The summed E-state index contributed by atoms with van der Waals surface area (Å²) in [6.07, 6.45) is 1.61. The van der Waals surface area contributed by atoms with Crippen molar-refractivity contribution in [2.75, 3.05) is 18.4 Å². The van der Waals surface area contributed by atoms with Crippen molar-refractivity contribution < 1.29 is 0 Å². The number of aromatic amines is 1. The Morgan fingerprint density at radius 1 is 0.967 bits per heavy atom. The van der Waals surface area contributed by atoms with Crippen LogP contribution in [-0.4, -0.2) is 32.9 Å². The minimum atomic E-state index is 0.153. The van der Waals surface area contributed by atoms with Crippen molar-refractivity contribution in [2.45, 2.75) is 33.4 Å². The van der Waals surface area contributed by atoms with Crippen LogP contribution in [0.15, 0.2) is 67.0 Å². The van der Waals surface area contributed by atoms with Gasteiger partial charge in [-0.25, -0.2) is 9.97 Å². The molecule has 0 fully saturated rings. The normalized spacial score (nSPS) is 12.4. The molecule has 30 heavy (non-hydrogen) atoms. The number of anilines is 1. The van der Waals surface area contributed by atoms with E-state index in [1.165, 1.54) is 16.7 Å². The molecule has 0 aliphatic carbocycles. The molecule has 2 aromatic carbocycles. The Labute approximate surface area is 178 Å². The average Bonchev–Trinajstić information content (AvgIpc) is 3.24. The zero-order valence-corrected chi connectivity index (χ0v) is 17.9. The lowest BCUT2D eigenvalue weighted by Gasteiger charge is -2.18. The van der Waals surface area contributed by atoms with E-state index in [-0.39, 0.29) is 6.04 Å². The smallest absolute Gasteiger partial charge is 0.143 e. The first kappa shape index (κ1) is 20.1. The molecule has 4 aromatic rings. The number of rotatable bonds is 8. The summed E-state index contributed by atoms with van der Waals surface area (Å²) in [5.74, 6) is 0.846. The Hall–Kier alpha value is -3.18. The molecule has 5 nitrogen and oxygen atoms in total. The van der Waals surface area contributed by atoms with Gasteiger partial charge in [0.2, 0.25) is 0 Å². The van der Waals surface area contributed by atoms with Crippen molar-refractivity contribution in [3.63, 3.8) is 0 Å². The summed E-state index contributed by atoms with van der Waals surface area (Å²) in [6, 6.07) is 21.4. The van der Waals surface area contributed by atoms with Gasteiger partial charge in [0.1, 0.15) is 17.8 Å². The minimum Gasteiger partial charge on any atom is -0.363 e. The quantitative estimate of drug-likeness (QED) is 0.403. The number of aromatic nitrogens is 3. The first-order valence-electron chi connectivity index (χ1n) is 10.6. The van der Waals surface area contributed by atoms with Gasteiger partial charge in [0, 0.05) is 18.3 Å². The lowest BCUT2D eigenvalue weighted by atomic mass is 10.1. The molecule has 0 spiro atoms. The second kappa shape index (κ2) is 9.09. The van der Waals surface area contributed by atoms with Crippen LogP contribution < -0.4 is 5.32 Å². The van der Waals surface area contributed by atoms with E-state index in [1.54, 1.807) is 6.33 Å². The molecule has 1 unspecified atom stereocenters. The van der Waals surface area contributed by atoms with Crippen molar-refractivity contribution in [2.24, 2.45) is 0 Å². The van der Waals surface area contributed by atoms with E-state index < -0.39 is 0 Å². The fraction of sp³-hybridized carbons (Fsp3) is 0.280. The maximum absolute atomic E-state index is 4.51. The van der Waals surface area contributed by atoms with Crippen molar-refractivity contribution in [1.29, 1.82) is 0 Å². The fourth-order valence-electron chi connectivity index (χ4n) is 3.78. The molecule has 5 heteroatoms. The lowest BCUT2D eigenvalue weighted by molar-refractivity contribution is 0.296. The van der Waals surface area contributed by atoms with Gasteiger partial charge in [0.15, 0.2) is 0 Å². The largest absolute Gasteiger partial charge is 0.363 e. The summed E-state index contributed by atoms with van der Waals surface area (Å²) < 4.78 is 0. The fourth-order valence-corrected chi connectivity index (χ4v) is 3.78. The Kier molecular flexibility index (Phi) is 6.10. The topological polar surface area (TPSA) is 56.8 Å². The SMILES string of the molecule is CCN(CC)Cc1cccc(-c2cc3c(NC(C)c4ccccc4)ncnc3[nH]2)c1. The van der Waals surface area contributed by atoms with Crippen LogP contribution in [0.4, 0.5) is 5.82 Å². The minimum absolute atomic E-state index is 0.153. The van der Waals surface area contributed by atoms with Gasteiger partial charge in [-0.15, -0.1) is 0 Å². The average molecular weight is 400 g/mol. The van der Waals surface area contributed by atoms with Gasteiger partial charge in [-0.1, -0.05) is 62.4 Å². The highest BCUT2D eigenvalue weighted by Crippen LogP contribution is 2.29. The molecule has 0 radical (unpaired) electrons. The Morgan fingerprint density at radius 2 is 1.77 bits per heavy atom. The second-order valence-electron chi connectivity index (χ2n) is 7.61. The summed E-state index contributed by atoms with van der Waals surface area (Å²) in [5.41, 5.74) is 5.61. The second-order valence-corrected chi connectivity index (χ2v) is 7.61. The van der Waals surface area contributed by atoms with Crippen LogP contribution in [-0.2, 0) is 6.54 Å². The number of benzene rings is 2. The number of hydrogen-bond donors (Lipinski definition) is 2. The van der Waals surface area contributed by atoms with Gasteiger partial charge in [-0.05, 0) is 48.8 Å². The van der Waals surface area contributed by atoms with Crippen LogP contribution in [0, 0.1) is 0 Å². The van der Waals surface area contributed by atoms with Crippen LogP contribution in [0.3, 0.4) is 0 Å². The van der Waals surface area contributed by atoms with E-state index in [0.717, 1.165) is 42.2 Å². The molecule has 0 aliphatic rings. The van der Waals surface area contributed by atoms with Crippen LogP contribution in [0.2, 0.25) is 0 Å². The van der Waals surface area contributed by atoms with Crippen LogP contribution in [0.25, 0.3) is 22.3 Å². The first-order chi connectivity index (χ1) is 14.7. The predicted molar refractivity (Wildman–Crippen MR) is 124 cm³/mol. The van der Waals surface area contributed by atoms with Crippen molar-refractivity contribution in [3.8, 4) is 11.3 Å². The molecular formula is C25H29N5. The van der Waals surface area contributed by atoms with Crippen LogP contribution in [0.5, 0.6) is 0 Å². The zero-order chi connectivity index (χ0) is 20.9. The number of nitrogens with one attached hydrogen (secondary N) is 2. The van der Waals surface area contributed by atoms with Gasteiger partial charge in [0.25, 0.3) is 0 Å².